The van der Waals surface area contributed by atoms with Crippen molar-refractivity contribution in [2.75, 3.05) is 26.3 Å². The molecule has 2 aromatic rings. The number of carbonyl (C=O) groups excluding carboxylic acids is 1. The maximum absolute atomic E-state index is 12.6. The van der Waals surface area contributed by atoms with Crippen molar-refractivity contribution in [3.63, 3.8) is 0 Å². The first-order chi connectivity index (χ1) is 10.2. The average molecular weight is 309 g/mol. The number of aliphatic hydroxyl groups is 1. The topological polar surface area (TPSA) is 67.1 Å². The fourth-order valence-electron chi connectivity index (χ4n) is 2.68. The molecule has 0 radical (unpaired) electrons. The summed E-state index contributed by atoms with van der Waals surface area (Å²) >= 11 is 1.44. The molecule has 2 aromatic heterocycles. The lowest BCUT2D eigenvalue weighted by molar-refractivity contribution is -0.00547. The van der Waals surface area contributed by atoms with Gasteiger partial charge in [-0.2, -0.15) is 0 Å². The number of rotatable bonds is 4. The van der Waals surface area contributed by atoms with Crippen LogP contribution in [0.1, 0.15) is 28.2 Å². The maximum atomic E-state index is 12.6. The van der Waals surface area contributed by atoms with E-state index < -0.39 is 0 Å². The zero-order valence-corrected chi connectivity index (χ0v) is 12.8. The molecule has 1 aliphatic rings. The number of aryl methyl sites for hydroxylation is 1. The second kappa shape index (κ2) is 6.13. The molecule has 1 N–H and O–H groups in total. The zero-order valence-electron chi connectivity index (χ0n) is 12.0. The van der Waals surface area contributed by atoms with Gasteiger partial charge in [0.15, 0.2) is 4.96 Å². The molecule has 6 nitrogen and oxygen atoms in total. The Morgan fingerprint density at radius 3 is 2.95 bits per heavy atom. The summed E-state index contributed by atoms with van der Waals surface area (Å²) in [7, 11) is 0. The number of imidazole rings is 1. The molecule has 0 aliphatic carbocycles. The molecule has 1 saturated heterocycles. The number of hydrogen-bond acceptors (Lipinski definition) is 5. The molecule has 0 saturated carbocycles. The third kappa shape index (κ3) is 2.81. The highest BCUT2D eigenvalue weighted by molar-refractivity contribution is 7.19. The van der Waals surface area contributed by atoms with Crippen LogP contribution >= 0.6 is 11.3 Å². The Morgan fingerprint density at radius 2 is 2.29 bits per heavy atom. The smallest absolute Gasteiger partial charge is 0.265 e. The molecule has 0 bridgehead atoms. The molecule has 3 heterocycles. The van der Waals surface area contributed by atoms with Crippen LogP contribution in [0.4, 0.5) is 0 Å². The fraction of sp³-hybridized carbons (Fsp3) is 0.571. The molecular formula is C14H19N3O3S. The van der Waals surface area contributed by atoms with Gasteiger partial charge in [-0.05, 0) is 19.8 Å². The van der Waals surface area contributed by atoms with E-state index in [0.29, 0.717) is 19.7 Å². The van der Waals surface area contributed by atoms with Crippen molar-refractivity contribution in [2.45, 2.75) is 25.9 Å². The Morgan fingerprint density at radius 1 is 1.52 bits per heavy atom. The van der Waals surface area contributed by atoms with Crippen LogP contribution in [0, 0.1) is 6.92 Å². The van der Waals surface area contributed by atoms with Gasteiger partial charge in [0.25, 0.3) is 5.91 Å². The van der Waals surface area contributed by atoms with E-state index in [-0.39, 0.29) is 18.6 Å². The van der Waals surface area contributed by atoms with Crippen LogP contribution in [-0.2, 0) is 4.74 Å². The van der Waals surface area contributed by atoms with Crippen molar-refractivity contribution in [3.8, 4) is 0 Å². The largest absolute Gasteiger partial charge is 0.394 e. The predicted molar refractivity (Wildman–Crippen MR) is 79.8 cm³/mol. The Balaban J connectivity index is 1.66. The second-order valence-electron chi connectivity index (χ2n) is 5.18. The highest BCUT2D eigenvalue weighted by Crippen LogP contribution is 2.25. The zero-order chi connectivity index (χ0) is 14.8. The summed E-state index contributed by atoms with van der Waals surface area (Å²) < 4.78 is 7.48. The van der Waals surface area contributed by atoms with E-state index in [0.717, 1.165) is 28.4 Å². The first-order valence-electron chi connectivity index (χ1n) is 7.15. The third-order valence-electron chi connectivity index (χ3n) is 3.86. The summed E-state index contributed by atoms with van der Waals surface area (Å²) in [6.45, 7) is 3.78. The van der Waals surface area contributed by atoms with Crippen molar-refractivity contribution in [1.29, 1.82) is 0 Å². The number of ether oxygens (including phenoxy) is 1. The van der Waals surface area contributed by atoms with Gasteiger partial charge in [0, 0.05) is 31.2 Å². The number of carbonyl (C=O) groups is 1. The van der Waals surface area contributed by atoms with Crippen molar-refractivity contribution in [1.82, 2.24) is 14.3 Å². The summed E-state index contributed by atoms with van der Waals surface area (Å²) in [6.07, 6.45) is 5.44. The molecule has 114 valence electrons. The molecule has 7 heteroatoms. The highest BCUT2D eigenvalue weighted by atomic mass is 32.1. The van der Waals surface area contributed by atoms with E-state index in [1.54, 1.807) is 6.20 Å². The number of piperidine rings is 1. The van der Waals surface area contributed by atoms with Gasteiger partial charge in [0.2, 0.25) is 0 Å². The highest BCUT2D eigenvalue weighted by Gasteiger charge is 2.26. The van der Waals surface area contributed by atoms with E-state index in [1.807, 2.05) is 22.4 Å². The quantitative estimate of drug-likeness (QED) is 0.925. The molecular weight excluding hydrogens is 290 g/mol. The Labute approximate surface area is 127 Å². The normalized spacial score (nSPS) is 16.8. The maximum Gasteiger partial charge on any atom is 0.265 e. The number of aliphatic hydroxyl groups excluding tert-OH is 1. The first kappa shape index (κ1) is 14.5. The van der Waals surface area contributed by atoms with Gasteiger partial charge in [-0.25, -0.2) is 4.98 Å². The Bertz CT molecular complexity index is 628. The summed E-state index contributed by atoms with van der Waals surface area (Å²) in [5, 5.41) is 8.77. The van der Waals surface area contributed by atoms with Crippen LogP contribution in [0.2, 0.25) is 0 Å². The molecule has 0 aromatic carbocycles. The number of likely N-dealkylation sites (tertiary alicyclic amines) is 1. The molecule has 0 atom stereocenters. The van der Waals surface area contributed by atoms with Crippen LogP contribution in [-0.4, -0.2) is 57.7 Å². The lowest BCUT2D eigenvalue weighted by Crippen LogP contribution is -2.41. The minimum atomic E-state index is 0.0489. The fourth-order valence-corrected chi connectivity index (χ4v) is 3.74. The molecule has 21 heavy (non-hydrogen) atoms. The third-order valence-corrected chi connectivity index (χ3v) is 5.02. The summed E-state index contributed by atoms with van der Waals surface area (Å²) in [6, 6.07) is 0. The summed E-state index contributed by atoms with van der Waals surface area (Å²) in [4.78, 5) is 20.4. The van der Waals surface area contributed by atoms with Gasteiger partial charge in [-0.1, -0.05) is 11.3 Å². The number of amides is 1. The van der Waals surface area contributed by atoms with Gasteiger partial charge in [0.05, 0.1) is 19.3 Å². The minimum absolute atomic E-state index is 0.0489. The molecule has 0 unspecified atom stereocenters. The van der Waals surface area contributed by atoms with Gasteiger partial charge < -0.3 is 14.7 Å². The van der Waals surface area contributed by atoms with Crippen LogP contribution in [0.3, 0.4) is 0 Å². The van der Waals surface area contributed by atoms with E-state index in [4.69, 9.17) is 9.84 Å². The SMILES string of the molecule is Cc1c(C(=O)N2CCC(OCCO)CC2)sc2nccn12. The van der Waals surface area contributed by atoms with E-state index in [1.165, 1.54) is 11.3 Å². The molecule has 1 amide bonds. The monoisotopic (exact) mass is 309 g/mol. The second-order valence-corrected chi connectivity index (χ2v) is 6.16. The molecule has 1 fully saturated rings. The average Bonchev–Trinajstić information content (AvgIpc) is 3.08. The van der Waals surface area contributed by atoms with Gasteiger partial charge in [0.1, 0.15) is 4.88 Å². The van der Waals surface area contributed by atoms with Crippen molar-refractivity contribution in [3.05, 3.63) is 23.0 Å². The van der Waals surface area contributed by atoms with Gasteiger partial charge >= 0.3 is 0 Å². The Kier molecular flexibility index (Phi) is 4.23. The van der Waals surface area contributed by atoms with Crippen molar-refractivity contribution in [2.24, 2.45) is 0 Å². The van der Waals surface area contributed by atoms with Crippen LogP contribution in [0.15, 0.2) is 12.4 Å². The predicted octanol–water partition coefficient (Wildman–Crippen LogP) is 1.32. The molecule has 1 aliphatic heterocycles. The minimum Gasteiger partial charge on any atom is -0.394 e. The van der Waals surface area contributed by atoms with E-state index >= 15 is 0 Å². The number of fused-ring (bicyclic) bond motifs is 1. The lowest BCUT2D eigenvalue weighted by atomic mass is 10.1. The van der Waals surface area contributed by atoms with Gasteiger partial charge in [-0.3, -0.25) is 9.20 Å². The van der Waals surface area contributed by atoms with E-state index in [9.17, 15) is 4.79 Å². The number of hydrogen-bond donors (Lipinski definition) is 1. The van der Waals surface area contributed by atoms with Crippen molar-refractivity contribution < 1.29 is 14.6 Å². The lowest BCUT2D eigenvalue weighted by Gasteiger charge is -2.31. The Hall–Kier alpha value is -1.44. The van der Waals surface area contributed by atoms with Crippen LogP contribution in [0.25, 0.3) is 4.96 Å². The van der Waals surface area contributed by atoms with Crippen LogP contribution in [0.5, 0.6) is 0 Å². The summed E-state index contributed by atoms with van der Waals surface area (Å²) in [5.74, 6) is 0.0867. The number of aromatic nitrogens is 2. The summed E-state index contributed by atoms with van der Waals surface area (Å²) in [5.41, 5.74) is 0.955. The number of nitrogens with zero attached hydrogens (tertiary/aromatic N) is 3. The van der Waals surface area contributed by atoms with Gasteiger partial charge in [-0.15, -0.1) is 0 Å². The van der Waals surface area contributed by atoms with Crippen LogP contribution < -0.4 is 0 Å². The van der Waals surface area contributed by atoms with Crippen molar-refractivity contribution >= 4 is 22.2 Å². The molecule has 0 spiro atoms. The molecule has 3 rings (SSSR count). The van der Waals surface area contributed by atoms with E-state index in [2.05, 4.69) is 4.98 Å². The number of thiazole rings is 1. The standard InChI is InChI=1S/C14H19N3O3S/c1-10-12(21-14-15-4-7-17(10)14)13(19)16-5-2-11(3-6-16)20-9-8-18/h4,7,11,18H,2-3,5-6,8-9H2,1H3. The first-order valence-corrected chi connectivity index (χ1v) is 7.96.